The van der Waals surface area contributed by atoms with Gasteiger partial charge in [0.1, 0.15) is 5.82 Å². The van der Waals surface area contributed by atoms with Crippen LogP contribution in [-0.2, 0) is 0 Å². The summed E-state index contributed by atoms with van der Waals surface area (Å²) >= 11 is 0. The van der Waals surface area contributed by atoms with E-state index in [1.807, 2.05) is 12.1 Å². The molecule has 0 aromatic heterocycles. The molecule has 1 aliphatic carbocycles. The van der Waals surface area contributed by atoms with Crippen LogP contribution in [0.4, 0.5) is 4.39 Å². The highest BCUT2D eigenvalue weighted by molar-refractivity contribution is 5.74. The molecule has 0 spiro atoms. The Morgan fingerprint density at radius 1 is 1.21 bits per heavy atom. The summed E-state index contributed by atoms with van der Waals surface area (Å²) in [6.07, 6.45) is 7.58. The maximum atomic E-state index is 12.7. The molecule has 1 atom stereocenters. The Kier molecular flexibility index (Phi) is 2.49. The van der Waals surface area contributed by atoms with E-state index in [9.17, 15) is 4.39 Å². The van der Waals surface area contributed by atoms with E-state index in [0.717, 1.165) is 12.0 Å². The number of allylic oxidation sites excluding steroid dienone is 4. The monoisotopic (exact) mass is 188 g/mol. The van der Waals surface area contributed by atoms with Crippen molar-refractivity contribution in [3.05, 3.63) is 53.9 Å². The Bertz CT molecular complexity index is 371. The first-order valence-corrected chi connectivity index (χ1v) is 4.90. The summed E-state index contributed by atoms with van der Waals surface area (Å²) in [5.41, 5.74) is 2.29. The average Bonchev–Trinajstić information content (AvgIpc) is 2.21. The van der Waals surface area contributed by atoms with Gasteiger partial charge in [-0.1, -0.05) is 37.3 Å². The minimum Gasteiger partial charge on any atom is -0.207 e. The van der Waals surface area contributed by atoms with E-state index >= 15 is 0 Å². The van der Waals surface area contributed by atoms with Crippen molar-refractivity contribution in [1.29, 1.82) is 0 Å². The summed E-state index contributed by atoms with van der Waals surface area (Å²) in [7, 11) is 0. The lowest BCUT2D eigenvalue weighted by Gasteiger charge is -2.11. The maximum absolute atomic E-state index is 12.7. The molecule has 1 heteroatoms. The molecule has 1 aliphatic rings. The van der Waals surface area contributed by atoms with Crippen LogP contribution in [0.1, 0.15) is 18.9 Å². The highest BCUT2D eigenvalue weighted by Gasteiger charge is 2.05. The predicted molar refractivity (Wildman–Crippen MR) is 57.3 cm³/mol. The second-order valence-electron chi connectivity index (χ2n) is 3.74. The van der Waals surface area contributed by atoms with E-state index in [4.69, 9.17) is 0 Å². The van der Waals surface area contributed by atoms with Gasteiger partial charge in [0, 0.05) is 0 Å². The van der Waals surface area contributed by atoms with Crippen molar-refractivity contribution >= 4 is 5.57 Å². The third kappa shape index (κ3) is 1.92. The molecule has 0 nitrogen and oxygen atoms in total. The van der Waals surface area contributed by atoms with Gasteiger partial charge in [0.2, 0.25) is 0 Å². The van der Waals surface area contributed by atoms with Crippen LogP contribution in [0.5, 0.6) is 0 Å². The van der Waals surface area contributed by atoms with Crippen LogP contribution < -0.4 is 0 Å². The van der Waals surface area contributed by atoms with Crippen molar-refractivity contribution in [2.45, 2.75) is 13.3 Å². The van der Waals surface area contributed by atoms with Gasteiger partial charge in [-0.15, -0.1) is 0 Å². The standard InChI is InChI=1S/C13H13F/c1-10-2-4-11(5-3-10)12-6-8-13(14)9-7-12/h2,4-10H,3H2,1H3. The molecular formula is C13H13F. The van der Waals surface area contributed by atoms with Gasteiger partial charge in [0.05, 0.1) is 0 Å². The van der Waals surface area contributed by atoms with Crippen LogP contribution in [0.25, 0.3) is 5.57 Å². The molecule has 0 saturated heterocycles. The SMILES string of the molecule is CC1C=CC(c2ccc(F)cc2)=CC1. The van der Waals surface area contributed by atoms with E-state index in [2.05, 4.69) is 25.2 Å². The molecular weight excluding hydrogens is 175 g/mol. The van der Waals surface area contributed by atoms with Gasteiger partial charge in [0.15, 0.2) is 0 Å². The van der Waals surface area contributed by atoms with Gasteiger partial charge < -0.3 is 0 Å². The minimum atomic E-state index is -0.178. The molecule has 72 valence electrons. The van der Waals surface area contributed by atoms with Gasteiger partial charge in [0.25, 0.3) is 0 Å². The van der Waals surface area contributed by atoms with Crippen molar-refractivity contribution in [3.8, 4) is 0 Å². The van der Waals surface area contributed by atoms with Crippen LogP contribution in [0.15, 0.2) is 42.5 Å². The van der Waals surface area contributed by atoms with Gasteiger partial charge >= 0.3 is 0 Å². The molecule has 0 amide bonds. The molecule has 1 aromatic rings. The smallest absolute Gasteiger partial charge is 0.123 e. The normalized spacial score (nSPS) is 20.7. The van der Waals surface area contributed by atoms with Crippen molar-refractivity contribution in [3.63, 3.8) is 0 Å². The fourth-order valence-corrected chi connectivity index (χ4v) is 1.58. The summed E-state index contributed by atoms with van der Waals surface area (Å²) in [6, 6.07) is 6.65. The van der Waals surface area contributed by atoms with E-state index in [1.165, 1.54) is 17.7 Å². The van der Waals surface area contributed by atoms with Crippen LogP contribution in [0, 0.1) is 11.7 Å². The third-order valence-electron chi connectivity index (χ3n) is 2.49. The maximum Gasteiger partial charge on any atom is 0.123 e. The number of rotatable bonds is 1. The lowest BCUT2D eigenvalue weighted by molar-refractivity contribution is 0.627. The van der Waals surface area contributed by atoms with Gasteiger partial charge in [-0.25, -0.2) is 4.39 Å². The van der Waals surface area contributed by atoms with Crippen LogP contribution in [-0.4, -0.2) is 0 Å². The fourth-order valence-electron chi connectivity index (χ4n) is 1.58. The van der Waals surface area contributed by atoms with Crippen molar-refractivity contribution in [1.82, 2.24) is 0 Å². The number of halogens is 1. The first kappa shape index (κ1) is 9.20. The van der Waals surface area contributed by atoms with E-state index < -0.39 is 0 Å². The quantitative estimate of drug-likeness (QED) is 0.628. The summed E-state index contributed by atoms with van der Waals surface area (Å²) < 4.78 is 12.7. The largest absolute Gasteiger partial charge is 0.207 e. The molecule has 0 N–H and O–H groups in total. The summed E-state index contributed by atoms with van der Waals surface area (Å²) in [5.74, 6) is 0.446. The molecule has 0 bridgehead atoms. The summed E-state index contributed by atoms with van der Waals surface area (Å²) in [4.78, 5) is 0. The number of benzene rings is 1. The Hall–Kier alpha value is -1.37. The molecule has 0 heterocycles. The topological polar surface area (TPSA) is 0 Å². The average molecular weight is 188 g/mol. The lowest BCUT2D eigenvalue weighted by Crippen LogP contribution is -1.94. The predicted octanol–water partition coefficient (Wildman–Crippen LogP) is 3.81. The zero-order valence-electron chi connectivity index (χ0n) is 8.20. The minimum absolute atomic E-state index is 0.178. The molecule has 1 aromatic carbocycles. The number of hydrogen-bond acceptors (Lipinski definition) is 0. The van der Waals surface area contributed by atoms with Crippen molar-refractivity contribution in [2.75, 3.05) is 0 Å². The van der Waals surface area contributed by atoms with Crippen LogP contribution >= 0.6 is 0 Å². The Balaban J connectivity index is 2.24. The zero-order valence-corrected chi connectivity index (χ0v) is 8.20. The van der Waals surface area contributed by atoms with Crippen molar-refractivity contribution in [2.24, 2.45) is 5.92 Å². The molecule has 2 rings (SSSR count). The van der Waals surface area contributed by atoms with Gasteiger partial charge in [-0.05, 0) is 35.6 Å². The summed E-state index contributed by atoms with van der Waals surface area (Å²) in [5, 5.41) is 0. The van der Waals surface area contributed by atoms with Crippen molar-refractivity contribution < 1.29 is 4.39 Å². The van der Waals surface area contributed by atoms with Crippen LogP contribution in [0.3, 0.4) is 0 Å². The highest BCUT2D eigenvalue weighted by Crippen LogP contribution is 2.23. The first-order valence-electron chi connectivity index (χ1n) is 4.90. The lowest BCUT2D eigenvalue weighted by atomic mass is 9.94. The van der Waals surface area contributed by atoms with Crippen LogP contribution in [0.2, 0.25) is 0 Å². The van der Waals surface area contributed by atoms with E-state index in [1.54, 1.807) is 0 Å². The molecule has 0 aliphatic heterocycles. The zero-order chi connectivity index (χ0) is 9.97. The molecule has 0 saturated carbocycles. The van der Waals surface area contributed by atoms with E-state index in [-0.39, 0.29) is 5.82 Å². The molecule has 1 unspecified atom stereocenters. The highest BCUT2D eigenvalue weighted by atomic mass is 19.1. The molecule has 14 heavy (non-hydrogen) atoms. The fraction of sp³-hybridized carbons (Fsp3) is 0.231. The van der Waals surface area contributed by atoms with Gasteiger partial charge in [-0.3, -0.25) is 0 Å². The first-order chi connectivity index (χ1) is 6.75. The Morgan fingerprint density at radius 3 is 2.50 bits per heavy atom. The summed E-state index contributed by atoms with van der Waals surface area (Å²) in [6.45, 7) is 2.19. The molecule has 0 radical (unpaired) electrons. The van der Waals surface area contributed by atoms with E-state index in [0.29, 0.717) is 5.92 Å². The number of hydrogen-bond donors (Lipinski definition) is 0. The molecule has 0 fully saturated rings. The Labute approximate surface area is 83.8 Å². The second-order valence-corrected chi connectivity index (χ2v) is 3.74. The third-order valence-corrected chi connectivity index (χ3v) is 2.49. The second kappa shape index (κ2) is 3.79. The van der Waals surface area contributed by atoms with Gasteiger partial charge in [-0.2, -0.15) is 0 Å². The Morgan fingerprint density at radius 2 is 1.93 bits per heavy atom.